The van der Waals surface area contributed by atoms with Crippen LogP contribution in [0.3, 0.4) is 0 Å². The Morgan fingerprint density at radius 3 is 2.45 bits per heavy atom. The number of alkyl halides is 3. The Balaban J connectivity index is 3.15. The van der Waals surface area contributed by atoms with Crippen molar-refractivity contribution >= 4 is 23.1 Å². The van der Waals surface area contributed by atoms with Crippen molar-refractivity contribution in [2.75, 3.05) is 13.1 Å². The number of carbonyl (C=O) groups excluding carboxylic acids is 1. The molecular weight excluding hydrogens is 289 g/mol. The molecule has 7 heteroatoms. The normalized spacial score (nSPS) is 11.2. The van der Waals surface area contributed by atoms with Crippen LogP contribution in [0.5, 0.6) is 0 Å². The standard InChI is InChI=1S/C13H15F3N2OS/c1-2-7-18(8-11(17)20)12(19)9-5-3-4-6-10(9)13(14,15)16/h3-6H,2,7-8H2,1H3,(H2,17,20). The van der Waals surface area contributed by atoms with Gasteiger partial charge in [0, 0.05) is 6.54 Å². The number of carbonyl (C=O) groups is 1. The van der Waals surface area contributed by atoms with E-state index in [1.54, 1.807) is 0 Å². The molecule has 1 amide bonds. The van der Waals surface area contributed by atoms with Crippen LogP contribution in [0.4, 0.5) is 13.2 Å². The Hall–Kier alpha value is -1.63. The molecule has 1 rings (SSSR count). The summed E-state index contributed by atoms with van der Waals surface area (Å²) >= 11 is 4.72. The lowest BCUT2D eigenvalue weighted by atomic mass is 10.1. The van der Waals surface area contributed by atoms with Crippen LogP contribution >= 0.6 is 12.2 Å². The molecule has 0 aliphatic carbocycles. The summed E-state index contributed by atoms with van der Waals surface area (Å²) in [4.78, 5) is 13.5. The third-order valence-electron chi connectivity index (χ3n) is 2.59. The lowest BCUT2D eigenvalue weighted by Gasteiger charge is -2.23. The first-order valence-corrected chi connectivity index (χ1v) is 6.42. The maximum absolute atomic E-state index is 12.9. The van der Waals surface area contributed by atoms with Crippen molar-refractivity contribution in [3.05, 3.63) is 35.4 Å². The van der Waals surface area contributed by atoms with E-state index in [4.69, 9.17) is 18.0 Å². The van der Waals surface area contributed by atoms with Crippen LogP contribution in [0.15, 0.2) is 24.3 Å². The van der Waals surface area contributed by atoms with Gasteiger partial charge in [0.2, 0.25) is 0 Å². The topological polar surface area (TPSA) is 46.3 Å². The van der Waals surface area contributed by atoms with Gasteiger partial charge in [-0.1, -0.05) is 31.3 Å². The molecule has 1 aromatic rings. The fraction of sp³-hybridized carbons (Fsp3) is 0.385. The predicted octanol–water partition coefficient (Wildman–Crippen LogP) is 2.84. The Morgan fingerprint density at radius 1 is 1.35 bits per heavy atom. The summed E-state index contributed by atoms with van der Waals surface area (Å²) in [6.07, 6.45) is -3.98. The largest absolute Gasteiger partial charge is 0.417 e. The number of thiocarbonyl (C=S) groups is 1. The third kappa shape index (κ3) is 4.19. The molecule has 3 nitrogen and oxygen atoms in total. The summed E-state index contributed by atoms with van der Waals surface area (Å²) in [5.41, 5.74) is 4.04. The average molecular weight is 304 g/mol. The quantitative estimate of drug-likeness (QED) is 0.851. The minimum atomic E-state index is -4.58. The highest BCUT2D eigenvalue weighted by Gasteiger charge is 2.35. The van der Waals surface area contributed by atoms with Crippen LogP contribution in [-0.4, -0.2) is 28.9 Å². The molecule has 0 aromatic heterocycles. The Bertz CT molecular complexity index is 503. The highest BCUT2D eigenvalue weighted by molar-refractivity contribution is 7.80. The first-order valence-electron chi connectivity index (χ1n) is 6.01. The second kappa shape index (κ2) is 6.69. The van der Waals surface area contributed by atoms with Gasteiger partial charge in [-0.15, -0.1) is 0 Å². The van der Waals surface area contributed by atoms with Crippen LogP contribution in [0, 0.1) is 0 Å². The summed E-state index contributed by atoms with van der Waals surface area (Å²) in [6.45, 7) is 2.08. The molecule has 0 spiro atoms. The van der Waals surface area contributed by atoms with Gasteiger partial charge >= 0.3 is 6.18 Å². The van der Waals surface area contributed by atoms with Gasteiger partial charge in [0.1, 0.15) is 0 Å². The summed E-state index contributed by atoms with van der Waals surface area (Å²) in [5.74, 6) is -0.715. The van der Waals surface area contributed by atoms with Gasteiger partial charge in [-0.3, -0.25) is 4.79 Å². The van der Waals surface area contributed by atoms with Gasteiger partial charge in [0.05, 0.1) is 22.7 Å². The van der Waals surface area contributed by atoms with E-state index < -0.39 is 17.6 Å². The second-order valence-electron chi connectivity index (χ2n) is 4.24. The molecule has 1 aromatic carbocycles. The smallest absolute Gasteiger partial charge is 0.392 e. The summed E-state index contributed by atoms with van der Waals surface area (Å²) in [6, 6.07) is 4.69. The van der Waals surface area contributed by atoms with Gasteiger partial charge in [0.25, 0.3) is 5.91 Å². The van der Waals surface area contributed by atoms with Gasteiger partial charge < -0.3 is 10.6 Å². The average Bonchev–Trinajstić information content (AvgIpc) is 2.36. The first kappa shape index (κ1) is 16.4. The number of hydrogen-bond donors (Lipinski definition) is 1. The second-order valence-corrected chi connectivity index (χ2v) is 4.76. The van der Waals surface area contributed by atoms with Gasteiger partial charge in [-0.2, -0.15) is 13.2 Å². The zero-order chi connectivity index (χ0) is 15.3. The predicted molar refractivity (Wildman–Crippen MR) is 74.4 cm³/mol. The van der Waals surface area contributed by atoms with E-state index in [9.17, 15) is 18.0 Å². The summed E-state index contributed by atoms with van der Waals surface area (Å²) in [7, 11) is 0. The monoisotopic (exact) mass is 304 g/mol. The van der Waals surface area contributed by atoms with Crippen molar-refractivity contribution in [1.29, 1.82) is 0 Å². The molecule has 0 aliphatic heterocycles. The zero-order valence-electron chi connectivity index (χ0n) is 10.9. The van der Waals surface area contributed by atoms with Crippen LogP contribution < -0.4 is 5.73 Å². The number of amides is 1. The Kier molecular flexibility index (Phi) is 5.50. The zero-order valence-corrected chi connectivity index (χ0v) is 11.7. The number of nitrogens with zero attached hydrogens (tertiary/aromatic N) is 1. The van der Waals surface area contributed by atoms with Crippen molar-refractivity contribution in [2.24, 2.45) is 5.73 Å². The molecule has 0 saturated heterocycles. The summed E-state index contributed by atoms with van der Waals surface area (Å²) in [5, 5.41) is 0. The van der Waals surface area contributed by atoms with Crippen molar-refractivity contribution in [3.63, 3.8) is 0 Å². The van der Waals surface area contributed by atoms with E-state index in [1.807, 2.05) is 6.92 Å². The highest BCUT2D eigenvalue weighted by Crippen LogP contribution is 2.32. The molecule has 110 valence electrons. The molecular formula is C13H15F3N2OS. The fourth-order valence-electron chi connectivity index (χ4n) is 1.80. The Morgan fingerprint density at radius 2 is 1.95 bits per heavy atom. The van der Waals surface area contributed by atoms with Crippen molar-refractivity contribution in [2.45, 2.75) is 19.5 Å². The Labute approximate surface area is 120 Å². The molecule has 0 unspecified atom stereocenters. The van der Waals surface area contributed by atoms with Crippen LogP contribution in [-0.2, 0) is 6.18 Å². The van der Waals surface area contributed by atoms with Gasteiger partial charge in [-0.25, -0.2) is 0 Å². The number of hydrogen-bond acceptors (Lipinski definition) is 2. The first-order chi connectivity index (χ1) is 9.27. The van der Waals surface area contributed by atoms with E-state index in [0.717, 1.165) is 12.1 Å². The minimum Gasteiger partial charge on any atom is -0.392 e. The molecule has 20 heavy (non-hydrogen) atoms. The minimum absolute atomic E-state index is 0.0335. The molecule has 0 aliphatic rings. The van der Waals surface area contributed by atoms with Crippen LogP contribution in [0.2, 0.25) is 0 Å². The van der Waals surface area contributed by atoms with Crippen LogP contribution in [0.1, 0.15) is 29.3 Å². The molecule has 2 N–H and O–H groups in total. The van der Waals surface area contributed by atoms with Gasteiger partial charge in [0.15, 0.2) is 0 Å². The van der Waals surface area contributed by atoms with Crippen molar-refractivity contribution in [1.82, 2.24) is 4.90 Å². The van der Waals surface area contributed by atoms with E-state index in [-0.39, 0.29) is 17.1 Å². The molecule has 0 fully saturated rings. The SMILES string of the molecule is CCCN(CC(N)=S)C(=O)c1ccccc1C(F)(F)F. The lowest BCUT2D eigenvalue weighted by molar-refractivity contribution is -0.138. The summed E-state index contributed by atoms with van der Waals surface area (Å²) < 4.78 is 38.7. The maximum Gasteiger partial charge on any atom is 0.417 e. The van der Waals surface area contributed by atoms with E-state index in [1.165, 1.54) is 17.0 Å². The number of halogens is 3. The lowest BCUT2D eigenvalue weighted by Crippen LogP contribution is -2.39. The number of nitrogens with two attached hydrogens (primary N) is 1. The third-order valence-corrected chi connectivity index (χ3v) is 2.72. The van der Waals surface area contributed by atoms with E-state index >= 15 is 0 Å². The molecule has 0 heterocycles. The molecule has 0 bridgehead atoms. The molecule has 0 atom stereocenters. The maximum atomic E-state index is 12.9. The fourth-order valence-corrected chi connectivity index (χ4v) is 1.95. The van der Waals surface area contributed by atoms with E-state index in [0.29, 0.717) is 13.0 Å². The van der Waals surface area contributed by atoms with E-state index in [2.05, 4.69) is 0 Å². The molecule has 0 saturated carbocycles. The van der Waals surface area contributed by atoms with Gasteiger partial charge in [-0.05, 0) is 18.6 Å². The number of rotatable bonds is 5. The van der Waals surface area contributed by atoms with Crippen molar-refractivity contribution in [3.8, 4) is 0 Å². The number of benzene rings is 1. The van der Waals surface area contributed by atoms with Crippen LogP contribution in [0.25, 0.3) is 0 Å². The molecule has 0 radical (unpaired) electrons. The van der Waals surface area contributed by atoms with Crippen molar-refractivity contribution < 1.29 is 18.0 Å². The highest BCUT2D eigenvalue weighted by atomic mass is 32.1.